The summed E-state index contributed by atoms with van der Waals surface area (Å²) in [5.41, 5.74) is 7.17. The van der Waals surface area contributed by atoms with Gasteiger partial charge < -0.3 is 10.6 Å². The third-order valence-electron chi connectivity index (χ3n) is 2.29. The van der Waals surface area contributed by atoms with Crippen molar-refractivity contribution in [2.75, 3.05) is 13.6 Å². The van der Waals surface area contributed by atoms with Crippen LogP contribution in [-0.4, -0.2) is 24.4 Å². The average molecular weight is 192 g/mol. The van der Waals surface area contributed by atoms with Crippen molar-refractivity contribution in [1.82, 2.24) is 4.90 Å². The SMILES string of the molecule is CCN(C)C(=O)c1ccccc1CN. The van der Waals surface area contributed by atoms with Crippen molar-refractivity contribution in [2.24, 2.45) is 5.73 Å². The maximum atomic E-state index is 11.8. The van der Waals surface area contributed by atoms with E-state index in [4.69, 9.17) is 5.73 Å². The third-order valence-corrected chi connectivity index (χ3v) is 2.29. The van der Waals surface area contributed by atoms with Gasteiger partial charge in [-0.25, -0.2) is 0 Å². The number of carbonyl (C=O) groups excluding carboxylic acids is 1. The van der Waals surface area contributed by atoms with Gasteiger partial charge in [-0.2, -0.15) is 0 Å². The Bertz CT molecular complexity index is 323. The zero-order chi connectivity index (χ0) is 10.6. The quantitative estimate of drug-likeness (QED) is 0.783. The summed E-state index contributed by atoms with van der Waals surface area (Å²) in [6.45, 7) is 3.06. The average Bonchev–Trinajstić information content (AvgIpc) is 2.26. The lowest BCUT2D eigenvalue weighted by Crippen LogP contribution is -2.27. The van der Waals surface area contributed by atoms with Crippen molar-refractivity contribution in [3.05, 3.63) is 35.4 Å². The molecule has 0 aliphatic rings. The molecule has 0 aliphatic heterocycles. The molecule has 3 nitrogen and oxygen atoms in total. The van der Waals surface area contributed by atoms with Crippen molar-refractivity contribution in [3.63, 3.8) is 0 Å². The van der Waals surface area contributed by atoms with E-state index in [1.165, 1.54) is 0 Å². The lowest BCUT2D eigenvalue weighted by atomic mass is 10.1. The van der Waals surface area contributed by atoms with Crippen molar-refractivity contribution in [2.45, 2.75) is 13.5 Å². The number of benzene rings is 1. The number of carbonyl (C=O) groups is 1. The van der Waals surface area contributed by atoms with E-state index in [0.29, 0.717) is 18.7 Å². The summed E-state index contributed by atoms with van der Waals surface area (Å²) in [5.74, 6) is 0.0357. The van der Waals surface area contributed by atoms with Gasteiger partial charge in [0.05, 0.1) is 0 Å². The summed E-state index contributed by atoms with van der Waals surface area (Å²) in [7, 11) is 1.79. The van der Waals surface area contributed by atoms with Crippen LogP contribution in [0.2, 0.25) is 0 Å². The molecule has 2 N–H and O–H groups in total. The van der Waals surface area contributed by atoms with E-state index in [2.05, 4.69) is 0 Å². The summed E-state index contributed by atoms with van der Waals surface area (Å²) >= 11 is 0. The van der Waals surface area contributed by atoms with E-state index < -0.39 is 0 Å². The Hall–Kier alpha value is -1.35. The first kappa shape index (κ1) is 10.7. The summed E-state index contributed by atoms with van der Waals surface area (Å²) < 4.78 is 0. The minimum atomic E-state index is 0.0357. The van der Waals surface area contributed by atoms with Crippen LogP contribution in [0.3, 0.4) is 0 Å². The molecule has 0 spiro atoms. The molecule has 3 heteroatoms. The number of hydrogen-bond donors (Lipinski definition) is 1. The first-order chi connectivity index (χ1) is 6.70. The molecule has 0 bridgehead atoms. The van der Waals surface area contributed by atoms with Gasteiger partial charge in [0, 0.05) is 25.7 Å². The van der Waals surface area contributed by atoms with Gasteiger partial charge in [-0.05, 0) is 18.6 Å². The Morgan fingerprint density at radius 3 is 2.64 bits per heavy atom. The molecule has 1 amide bonds. The highest BCUT2D eigenvalue weighted by Gasteiger charge is 2.12. The van der Waals surface area contributed by atoms with Crippen LogP contribution < -0.4 is 5.73 Å². The number of amides is 1. The monoisotopic (exact) mass is 192 g/mol. The second-order valence-electron chi connectivity index (χ2n) is 3.18. The lowest BCUT2D eigenvalue weighted by Gasteiger charge is -2.16. The Morgan fingerprint density at radius 1 is 1.43 bits per heavy atom. The second-order valence-corrected chi connectivity index (χ2v) is 3.18. The highest BCUT2D eigenvalue weighted by atomic mass is 16.2. The molecule has 0 radical (unpaired) electrons. The van der Waals surface area contributed by atoms with Gasteiger partial charge in [0.15, 0.2) is 0 Å². The van der Waals surface area contributed by atoms with E-state index in [-0.39, 0.29) is 5.91 Å². The fourth-order valence-corrected chi connectivity index (χ4v) is 1.26. The van der Waals surface area contributed by atoms with Crippen LogP contribution in [0.4, 0.5) is 0 Å². The Balaban J connectivity index is 3.00. The van der Waals surface area contributed by atoms with Gasteiger partial charge in [-0.15, -0.1) is 0 Å². The maximum absolute atomic E-state index is 11.8. The van der Waals surface area contributed by atoms with Crippen LogP contribution in [0.15, 0.2) is 24.3 Å². The Labute approximate surface area is 84.5 Å². The zero-order valence-electron chi connectivity index (χ0n) is 8.66. The van der Waals surface area contributed by atoms with Crippen molar-refractivity contribution in [3.8, 4) is 0 Å². The normalized spacial score (nSPS) is 9.93. The fraction of sp³-hybridized carbons (Fsp3) is 0.364. The number of rotatable bonds is 3. The Kier molecular flexibility index (Phi) is 3.65. The largest absolute Gasteiger partial charge is 0.342 e. The van der Waals surface area contributed by atoms with Crippen molar-refractivity contribution >= 4 is 5.91 Å². The van der Waals surface area contributed by atoms with Crippen molar-refractivity contribution < 1.29 is 4.79 Å². The van der Waals surface area contributed by atoms with E-state index >= 15 is 0 Å². The predicted molar refractivity (Wildman–Crippen MR) is 57.0 cm³/mol. The summed E-state index contributed by atoms with van der Waals surface area (Å²) in [6.07, 6.45) is 0. The van der Waals surface area contributed by atoms with E-state index in [1.54, 1.807) is 11.9 Å². The molecule has 0 saturated heterocycles. The highest BCUT2D eigenvalue weighted by Crippen LogP contribution is 2.10. The van der Waals surface area contributed by atoms with Gasteiger partial charge in [0.25, 0.3) is 5.91 Å². The molecule has 14 heavy (non-hydrogen) atoms. The molecule has 0 heterocycles. The minimum Gasteiger partial charge on any atom is -0.342 e. The molecular formula is C11H16N2O. The first-order valence-electron chi connectivity index (χ1n) is 4.74. The standard InChI is InChI=1S/C11H16N2O/c1-3-13(2)11(14)10-7-5-4-6-9(10)8-12/h4-7H,3,8,12H2,1-2H3. The number of nitrogens with zero attached hydrogens (tertiary/aromatic N) is 1. The minimum absolute atomic E-state index is 0.0357. The smallest absolute Gasteiger partial charge is 0.253 e. The molecule has 0 fully saturated rings. The molecule has 1 rings (SSSR count). The topological polar surface area (TPSA) is 46.3 Å². The molecular weight excluding hydrogens is 176 g/mol. The molecule has 76 valence electrons. The van der Waals surface area contributed by atoms with Crippen LogP contribution in [-0.2, 0) is 6.54 Å². The molecule has 0 aliphatic carbocycles. The molecule has 0 atom stereocenters. The van der Waals surface area contributed by atoms with Crippen LogP contribution in [0.25, 0.3) is 0 Å². The number of nitrogens with two attached hydrogens (primary N) is 1. The van der Waals surface area contributed by atoms with Crippen molar-refractivity contribution in [1.29, 1.82) is 0 Å². The van der Waals surface area contributed by atoms with Gasteiger partial charge in [0.1, 0.15) is 0 Å². The fourth-order valence-electron chi connectivity index (χ4n) is 1.26. The first-order valence-corrected chi connectivity index (χ1v) is 4.74. The zero-order valence-corrected chi connectivity index (χ0v) is 8.66. The van der Waals surface area contributed by atoms with Crippen LogP contribution in [0, 0.1) is 0 Å². The van der Waals surface area contributed by atoms with Gasteiger partial charge in [0.2, 0.25) is 0 Å². The highest BCUT2D eigenvalue weighted by molar-refractivity contribution is 5.95. The van der Waals surface area contributed by atoms with E-state index in [0.717, 1.165) is 5.56 Å². The maximum Gasteiger partial charge on any atom is 0.253 e. The molecule has 0 unspecified atom stereocenters. The van der Waals surface area contributed by atoms with Gasteiger partial charge >= 0.3 is 0 Å². The van der Waals surface area contributed by atoms with Crippen LogP contribution >= 0.6 is 0 Å². The molecule has 0 aromatic heterocycles. The molecule has 1 aromatic carbocycles. The van der Waals surface area contributed by atoms with Gasteiger partial charge in [-0.1, -0.05) is 18.2 Å². The third kappa shape index (κ3) is 2.12. The Morgan fingerprint density at radius 2 is 2.07 bits per heavy atom. The summed E-state index contributed by atoms with van der Waals surface area (Å²) in [4.78, 5) is 13.5. The second kappa shape index (κ2) is 4.77. The lowest BCUT2D eigenvalue weighted by molar-refractivity contribution is 0.0801. The van der Waals surface area contributed by atoms with E-state index in [9.17, 15) is 4.79 Å². The van der Waals surface area contributed by atoms with E-state index in [1.807, 2.05) is 31.2 Å². The molecule has 1 aromatic rings. The summed E-state index contributed by atoms with van der Waals surface area (Å²) in [5, 5.41) is 0. The summed E-state index contributed by atoms with van der Waals surface area (Å²) in [6, 6.07) is 7.45. The number of hydrogen-bond acceptors (Lipinski definition) is 2. The van der Waals surface area contributed by atoms with Gasteiger partial charge in [-0.3, -0.25) is 4.79 Å². The predicted octanol–water partition coefficient (Wildman–Crippen LogP) is 1.24. The van der Waals surface area contributed by atoms with Crippen LogP contribution in [0.1, 0.15) is 22.8 Å². The molecule has 0 saturated carbocycles. The van der Waals surface area contributed by atoms with Crippen LogP contribution in [0.5, 0.6) is 0 Å².